The van der Waals surface area contributed by atoms with Crippen molar-refractivity contribution in [3.8, 4) is 6.07 Å². The summed E-state index contributed by atoms with van der Waals surface area (Å²) in [6.45, 7) is 0. The number of benzene rings is 2. The van der Waals surface area contributed by atoms with Crippen LogP contribution in [0.25, 0.3) is 0 Å². The van der Waals surface area contributed by atoms with Gasteiger partial charge in [0.15, 0.2) is 0 Å². The number of anilines is 1. The molecule has 1 fully saturated rings. The van der Waals surface area contributed by atoms with Crippen LogP contribution in [-0.4, -0.2) is 17.1 Å². The fraction of sp³-hybridized carbons (Fsp3) is 0.105. The number of nitrogens with two attached hydrogens (primary N) is 1. The number of nitriles is 1. The molecule has 1 heterocycles. The minimum Gasteiger partial charge on any atom is -0.365 e. The summed E-state index contributed by atoms with van der Waals surface area (Å²) in [6, 6.07) is 14.6. The van der Waals surface area contributed by atoms with Crippen LogP contribution >= 0.6 is 27.7 Å². The van der Waals surface area contributed by atoms with Crippen molar-refractivity contribution in [1.29, 1.82) is 5.26 Å². The number of hydrogen-bond donors (Lipinski definition) is 1. The van der Waals surface area contributed by atoms with Gasteiger partial charge in [-0.2, -0.15) is 5.26 Å². The number of halogens is 2. The second-order valence-electron chi connectivity index (χ2n) is 5.74. The third-order valence-electron chi connectivity index (χ3n) is 3.94. The number of hydrogen-bond acceptors (Lipinski definition) is 4. The van der Waals surface area contributed by atoms with E-state index < -0.39 is 11.2 Å². The zero-order valence-corrected chi connectivity index (χ0v) is 16.3. The number of carbonyl (C=O) groups excluding carboxylic acids is 2. The lowest BCUT2D eigenvalue weighted by molar-refractivity contribution is -0.117. The van der Waals surface area contributed by atoms with Crippen molar-refractivity contribution in [3.05, 3.63) is 75.0 Å². The number of nitrogens with zero attached hydrogens (tertiary/aromatic N) is 2. The van der Waals surface area contributed by atoms with E-state index in [2.05, 4.69) is 15.9 Å². The highest BCUT2D eigenvalue weighted by Gasteiger charge is 2.40. The molecule has 0 radical (unpaired) electrons. The van der Waals surface area contributed by atoms with Gasteiger partial charge in [0.2, 0.25) is 5.91 Å². The van der Waals surface area contributed by atoms with Gasteiger partial charge in [0.1, 0.15) is 22.5 Å². The first-order valence-corrected chi connectivity index (χ1v) is 9.53. The fourth-order valence-electron chi connectivity index (χ4n) is 2.66. The van der Waals surface area contributed by atoms with Crippen LogP contribution in [0.5, 0.6) is 0 Å². The minimum atomic E-state index is -0.891. The molecule has 136 valence electrons. The summed E-state index contributed by atoms with van der Waals surface area (Å²) >= 11 is 4.45. The van der Waals surface area contributed by atoms with Gasteiger partial charge in [0.25, 0.3) is 5.91 Å². The van der Waals surface area contributed by atoms with Crippen LogP contribution in [0.3, 0.4) is 0 Å². The number of thioether (sulfide) groups is 1. The average molecular weight is 446 g/mol. The maximum absolute atomic E-state index is 13.1. The summed E-state index contributed by atoms with van der Waals surface area (Å²) in [7, 11) is 0. The van der Waals surface area contributed by atoms with Crippen molar-refractivity contribution >= 4 is 45.2 Å². The van der Waals surface area contributed by atoms with Gasteiger partial charge in [-0.3, -0.25) is 14.5 Å². The van der Waals surface area contributed by atoms with Crippen LogP contribution in [0, 0.1) is 17.1 Å². The SMILES string of the molecule is N#C/C(C(N)=O)=C1/S[C@@H](Cc2ccc(F)cc2)C(=O)N1c1ccc(Br)cc1. The zero-order chi connectivity index (χ0) is 19.6. The molecule has 0 unspecified atom stereocenters. The molecule has 0 bridgehead atoms. The second kappa shape index (κ2) is 7.94. The van der Waals surface area contributed by atoms with E-state index in [1.807, 2.05) is 0 Å². The van der Waals surface area contributed by atoms with Gasteiger partial charge in [-0.05, 0) is 48.4 Å². The molecular formula is C19H13BrFN3O2S. The largest absolute Gasteiger partial charge is 0.365 e. The van der Waals surface area contributed by atoms with Gasteiger partial charge in [0, 0.05) is 10.2 Å². The topological polar surface area (TPSA) is 87.2 Å². The number of rotatable bonds is 4. The Labute approximate surface area is 167 Å². The van der Waals surface area contributed by atoms with Gasteiger partial charge in [-0.15, -0.1) is 0 Å². The first kappa shape index (κ1) is 19.1. The molecule has 0 spiro atoms. The van der Waals surface area contributed by atoms with Gasteiger partial charge in [0.05, 0.1) is 5.25 Å². The second-order valence-corrected chi connectivity index (χ2v) is 7.85. The van der Waals surface area contributed by atoms with E-state index in [9.17, 15) is 19.2 Å². The molecule has 1 aliphatic heterocycles. The van der Waals surface area contributed by atoms with Crippen molar-refractivity contribution in [1.82, 2.24) is 0 Å². The van der Waals surface area contributed by atoms with Crippen LogP contribution < -0.4 is 10.6 Å². The fourth-order valence-corrected chi connectivity index (χ4v) is 4.24. The average Bonchev–Trinajstić information content (AvgIpc) is 2.94. The predicted molar refractivity (Wildman–Crippen MR) is 105 cm³/mol. The lowest BCUT2D eigenvalue weighted by Crippen LogP contribution is -2.31. The zero-order valence-electron chi connectivity index (χ0n) is 13.9. The van der Waals surface area contributed by atoms with Crippen molar-refractivity contribution in [2.24, 2.45) is 5.73 Å². The van der Waals surface area contributed by atoms with Crippen molar-refractivity contribution < 1.29 is 14.0 Å². The normalized spacial score (nSPS) is 18.3. The highest BCUT2D eigenvalue weighted by atomic mass is 79.9. The number of carbonyl (C=O) groups is 2. The van der Waals surface area contributed by atoms with E-state index in [4.69, 9.17) is 5.73 Å². The molecule has 1 atom stereocenters. The lowest BCUT2D eigenvalue weighted by atomic mass is 10.1. The Hall–Kier alpha value is -2.63. The third kappa shape index (κ3) is 4.04. The van der Waals surface area contributed by atoms with E-state index in [1.165, 1.54) is 17.0 Å². The number of primary amides is 1. The van der Waals surface area contributed by atoms with Crippen LogP contribution in [0.1, 0.15) is 5.56 Å². The van der Waals surface area contributed by atoms with Gasteiger partial charge in [-0.25, -0.2) is 4.39 Å². The van der Waals surface area contributed by atoms with Gasteiger partial charge in [-0.1, -0.05) is 39.8 Å². The molecule has 0 saturated carbocycles. The first-order chi connectivity index (χ1) is 12.9. The lowest BCUT2D eigenvalue weighted by Gasteiger charge is -2.18. The Morgan fingerprint density at radius 2 is 1.85 bits per heavy atom. The Morgan fingerprint density at radius 1 is 1.22 bits per heavy atom. The van der Waals surface area contributed by atoms with Crippen molar-refractivity contribution in [2.45, 2.75) is 11.7 Å². The Balaban J connectivity index is 2.01. The maximum atomic E-state index is 13.1. The van der Waals surface area contributed by atoms with E-state index in [0.29, 0.717) is 12.1 Å². The Morgan fingerprint density at radius 3 is 2.41 bits per heavy atom. The predicted octanol–water partition coefficient (Wildman–Crippen LogP) is 3.50. The number of amides is 2. The molecule has 2 aromatic rings. The quantitative estimate of drug-likeness (QED) is 0.576. The van der Waals surface area contributed by atoms with Gasteiger partial charge >= 0.3 is 0 Å². The molecule has 27 heavy (non-hydrogen) atoms. The van der Waals surface area contributed by atoms with Crippen molar-refractivity contribution in [3.63, 3.8) is 0 Å². The summed E-state index contributed by atoms with van der Waals surface area (Å²) in [5, 5.41) is 9.00. The molecular weight excluding hydrogens is 433 g/mol. The van der Waals surface area contributed by atoms with E-state index in [-0.39, 0.29) is 22.3 Å². The third-order valence-corrected chi connectivity index (χ3v) is 5.74. The molecule has 0 aromatic heterocycles. The molecule has 2 N–H and O–H groups in total. The molecule has 8 heteroatoms. The first-order valence-electron chi connectivity index (χ1n) is 7.85. The summed E-state index contributed by atoms with van der Waals surface area (Å²) in [6.07, 6.45) is 0.331. The highest BCUT2D eigenvalue weighted by Crippen LogP contribution is 2.42. The monoisotopic (exact) mass is 445 g/mol. The molecule has 0 aliphatic carbocycles. The smallest absolute Gasteiger partial charge is 0.262 e. The van der Waals surface area contributed by atoms with Crippen LogP contribution in [0.2, 0.25) is 0 Å². The minimum absolute atomic E-state index is 0.212. The maximum Gasteiger partial charge on any atom is 0.262 e. The van der Waals surface area contributed by atoms with E-state index >= 15 is 0 Å². The van der Waals surface area contributed by atoms with Crippen LogP contribution in [0.4, 0.5) is 10.1 Å². The summed E-state index contributed by atoms with van der Waals surface area (Å²) in [5.41, 5.74) is 6.37. The molecule has 1 aliphatic rings. The molecule has 2 aromatic carbocycles. The molecule has 3 rings (SSSR count). The summed E-state index contributed by atoms with van der Waals surface area (Å²) in [4.78, 5) is 26.1. The molecule has 5 nitrogen and oxygen atoms in total. The Kier molecular flexibility index (Phi) is 5.63. The van der Waals surface area contributed by atoms with Crippen LogP contribution in [-0.2, 0) is 16.0 Å². The van der Waals surface area contributed by atoms with Gasteiger partial charge < -0.3 is 5.73 Å². The van der Waals surface area contributed by atoms with Crippen LogP contribution in [0.15, 0.2) is 63.6 Å². The van der Waals surface area contributed by atoms with E-state index in [1.54, 1.807) is 42.5 Å². The standard InChI is InChI=1S/C19H13BrFN3O2S/c20-12-3-7-14(8-4-12)24-18(26)16(9-11-1-5-13(21)6-2-11)27-19(24)15(10-22)17(23)25/h1-8,16H,9H2,(H2,23,25)/b19-15-/t16-/m0/s1. The molecule has 1 saturated heterocycles. The highest BCUT2D eigenvalue weighted by molar-refractivity contribution is 9.10. The Bertz CT molecular complexity index is 968. The summed E-state index contributed by atoms with van der Waals surface area (Å²) < 4.78 is 13.9. The van der Waals surface area contributed by atoms with E-state index in [0.717, 1.165) is 21.8 Å². The molecule has 2 amide bonds. The summed E-state index contributed by atoms with van der Waals surface area (Å²) in [5.74, 6) is -1.52. The van der Waals surface area contributed by atoms with Crippen molar-refractivity contribution in [2.75, 3.05) is 4.90 Å².